The van der Waals surface area contributed by atoms with E-state index in [-0.39, 0.29) is 25.5 Å². The number of carboxylic acid groups (broad SMARTS) is 1. The minimum Gasteiger partial charge on any atom is -0.489 e. The molecule has 0 spiro atoms. The molecule has 0 aromatic heterocycles. The minimum absolute atomic E-state index is 0.0813. The molecule has 2 N–H and O–H groups in total. The predicted octanol–water partition coefficient (Wildman–Crippen LogP) is 2.28. The lowest BCUT2D eigenvalue weighted by molar-refractivity contribution is -0.136. The van der Waals surface area contributed by atoms with Crippen molar-refractivity contribution in [2.75, 3.05) is 6.54 Å². The molecule has 2 aromatic rings. The molecule has 0 unspecified atom stereocenters. The van der Waals surface area contributed by atoms with Crippen molar-refractivity contribution < 1.29 is 24.2 Å². The number of hydrogen-bond donors (Lipinski definition) is 2. The maximum Gasteiger partial charge on any atom is 0.305 e. The topological polar surface area (TPSA) is 92.7 Å². The third-order valence-corrected chi connectivity index (χ3v) is 3.24. The van der Waals surface area contributed by atoms with Crippen LogP contribution in [0.3, 0.4) is 0 Å². The first-order chi connectivity index (χ1) is 11.6. The van der Waals surface area contributed by atoms with E-state index in [1.165, 1.54) is 0 Å². The first-order valence-corrected chi connectivity index (χ1v) is 7.35. The highest BCUT2D eigenvalue weighted by atomic mass is 16.5. The number of nitrogens with one attached hydrogen (secondary N) is 1. The summed E-state index contributed by atoms with van der Waals surface area (Å²) in [6.45, 7) is 0.356. The molecule has 124 valence electrons. The summed E-state index contributed by atoms with van der Waals surface area (Å²) in [5, 5.41) is 11.1. The third-order valence-electron chi connectivity index (χ3n) is 3.24. The van der Waals surface area contributed by atoms with Crippen molar-refractivity contribution in [2.24, 2.45) is 0 Å². The smallest absolute Gasteiger partial charge is 0.305 e. The summed E-state index contributed by atoms with van der Waals surface area (Å²) in [6.07, 6.45) is 0.640. The van der Waals surface area contributed by atoms with Crippen LogP contribution in [0.15, 0.2) is 48.5 Å². The quantitative estimate of drug-likeness (QED) is 0.726. The molecule has 0 saturated carbocycles. The van der Waals surface area contributed by atoms with Gasteiger partial charge < -0.3 is 15.2 Å². The largest absolute Gasteiger partial charge is 0.489 e. The molecule has 6 nitrogen and oxygen atoms in total. The van der Waals surface area contributed by atoms with Crippen molar-refractivity contribution in [2.45, 2.75) is 13.0 Å². The lowest BCUT2D eigenvalue weighted by atomic mass is 10.1. The van der Waals surface area contributed by atoms with Gasteiger partial charge in [0.1, 0.15) is 18.6 Å². The van der Waals surface area contributed by atoms with E-state index in [1.807, 2.05) is 6.07 Å². The van der Waals surface area contributed by atoms with Crippen LogP contribution in [0.4, 0.5) is 0 Å². The first kappa shape index (κ1) is 17.2. The summed E-state index contributed by atoms with van der Waals surface area (Å²) in [5.41, 5.74) is 1.82. The highest BCUT2D eigenvalue weighted by Crippen LogP contribution is 2.14. The molecule has 0 aliphatic rings. The van der Waals surface area contributed by atoms with Gasteiger partial charge >= 0.3 is 5.97 Å². The molecule has 0 aliphatic carbocycles. The molecule has 24 heavy (non-hydrogen) atoms. The molecule has 1 amide bonds. The van der Waals surface area contributed by atoms with Gasteiger partial charge in [-0.3, -0.25) is 14.4 Å². The van der Waals surface area contributed by atoms with E-state index < -0.39 is 5.97 Å². The van der Waals surface area contributed by atoms with Crippen LogP contribution in [0.2, 0.25) is 0 Å². The highest BCUT2D eigenvalue weighted by Gasteiger charge is 2.07. The van der Waals surface area contributed by atoms with Gasteiger partial charge in [-0.1, -0.05) is 12.1 Å². The zero-order valence-electron chi connectivity index (χ0n) is 12.9. The lowest BCUT2D eigenvalue weighted by Gasteiger charge is -2.08. The summed E-state index contributed by atoms with van der Waals surface area (Å²) >= 11 is 0. The van der Waals surface area contributed by atoms with E-state index in [4.69, 9.17) is 9.84 Å². The summed E-state index contributed by atoms with van der Waals surface area (Å²) < 4.78 is 5.61. The Hall–Kier alpha value is -3.15. The van der Waals surface area contributed by atoms with Gasteiger partial charge in [-0.15, -0.1) is 0 Å². The van der Waals surface area contributed by atoms with Crippen molar-refractivity contribution >= 4 is 18.2 Å². The second kappa shape index (κ2) is 8.47. The Morgan fingerprint density at radius 1 is 1.12 bits per heavy atom. The molecule has 0 heterocycles. The van der Waals surface area contributed by atoms with Crippen molar-refractivity contribution in [1.82, 2.24) is 5.32 Å². The number of carbonyl (C=O) groups is 3. The lowest BCUT2D eigenvalue weighted by Crippen LogP contribution is -2.26. The van der Waals surface area contributed by atoms with Gasteiger partial charge in [-0.2, -0.15) is 0 Å². The molecule has 6 heteroatoms. The van der Waals surface area contributed by atoms with Crippen molar-refractivity contribution in [3.8, 4) is 5.75 Å². The number of carboxylic acids is 1. The molecule has 0 aliphatic heterocycles. The number of aliphatic carboxylic acids is 1. The average Bonchev–Trinajstić information content (AvgIpc) is 2.60. The van der Waals surface area contributed by atoms with Crippen molar-refractivity contribution in [1.29, 1.82) is 0 Å². The van der Waals surface area contributed by atoms with Crippen LogP contribution in [0, 0.1) is 0 Å². The van der Waals surface area contributed by atoms with Gasteiger partial charge in [0.25, 0.3) is 5.91 Å². The van der Waals surface area contributed by atoms with Gasteiger partial charge in [0.2, 0.25) is 0 Å². The van der Waals surface area contributed by atoms with Gasteiger partial charge in [-0.25, -0.2) is 0 Å². The Morgan fingerprint density at radius 2 is 1.88 bits per heavy atom. The zero-order valence-corrected chi connectivity index (χ0v) is 12.9. The monoisotopic (exact) mass is 327 g/mol. The van der Waals surface area contributed by atoms with Gasteiger partial charge in [-0.05, 0) is 42.0 Å². The Balaban J connectivity index is 1.92. The SMILES string of the molecule is O=Cc1ccc(OCc2cccc(C(=O)NCCC(=O)O)c2)cc1. The Bertz CT molecular complexity index is 724. The van der Waals surface area contributed by atoms with Crippen LogP contribution in [-0.2, 0) is 11.4 Å². The zero-order chi connectivity index (χ0) is 17.4. The molecular weight excluding hydrogens is 310 g/mol. The Labute approximate surface area is 139 Å². The molecule has 0 bridgehead atoms. The number of benzene rings is 2. The summed E-state index contributed by atoms with van der Waals surface area (Å²) in [7, 11) is 0. The fourth-order valence-electron chi connectivity index (χ4n) is 2.00. The Kier molecular flexibility index (Phi) is 6.08. The molecule has 0 atom stereocenters. The number of ether oxygens (including phenoxy) is 1. The molecule has 0 saturated heterocycles. The van der Waals surface area contributed by atoms with E-state index in [1.54, 1.807) is 42.5 Å². The second-order valence-electron chi connectivity index (χ2n) is 5.08. The van der Waals surface area contributed by atoms with Gasteiger partial charge in [0, 0.05) is 17.7 Å². The van der Waals surface area contributed by atoms with Crippen LogP contribution in [0.25, 0.3) is 0 Å². The predicted molar refractivity (Wildman–Crippen MR) is 87.2 cm³/mol. The fourth-order valence-corrected chi connectivity index (χ4v) is 2.00. The maximum absolute atomic E-state index is 11.9. The standard InChI is InChI=1S/C18H17NO5/c20-11-13-4-6-16(7-5-13)24-12-14-2-1-3-15(10-14)18(23)19-9-8-17(21)22/h1-7,10-11H,8-9,12H2,(H,19,23)(H,21,22). The number of hydrogen-bond acceptors (Lipinski definition) is 4. The minimum atomic E-state index is -0.960. The van der Waals surface area contributed by atoms with Crippen LogP contribution in [-0.4, -0.2) is 29.8 Å². The number of rotatable bonds is 8. The molecular formula is C18H17NO5. The first-order valence-electron chi connectivity index (χ1n) is 7.35. The molecule has 0 fully saturated rings. The van der Waals surface area contributed by atoms with Crippen LogP contribution in [0.1, 0.15) is 32.7 Å². The summed E-state index contributed by atoms with van der Waals surface area (Å²) in [5.74, 6) is -0.664. The second-order valence-corrected chi connectivity index (χ2v) is 5.08. The van der Waals surface area contributed by atoms with E-state index in [9.17, 15) is 14.4 Å². The third kappa shape index (κ3) is 5.24. The van der Waals surface area contributed by atoms with E-state index in [0.717, 1.165) is 11.8 Å². The maximum atomic E-state index is 11.9. The summed E-state index contributed by atoms with van der Waals surface area (Å²) in [6, 6.07) is 13.6. The Morgan fingerprint density at radius 3 is 2.54 bits per heavy atom. The van der Waals surface area contributed by atoms with Crippen LogP contribution >= 0.6 is 0 Å². The van der Waals surface area contributed by atoms with E-state index in [0.29, 0.717) is 16.9 Å². The van der Waals surface area contributed by atoms with Gasteiger partial charge in [0.15, 0.2) is 0 Å². The molecule has 2 aromatic carbocycles. The van der Waals surface area contributed by atoms with Crippen molar-refractivity contribution in [3.63, 3.8) is 0 Å². The number of carbonyl (C=O) groups excluding carboxylic acids is 2. The number of amides is 1. The van der Waals surface area contributed by atoms with E-state index in [2.05, 4.69) is 5.32 Å². The normalized spacial score (nSPS) is 10.0. The highest BCUT2D eigenvalue weighted by molar-refractivity contribution is 5.94. The van der Waals surface area contributed by atoms with Crippen LogP contribution < -0.4 is 10.1 Å². The van der Waals surface area contributed by atoms with Gasteiger partial charge in [0.05, 0.1) is 6.42 Å². The summed E-state index contributed by atoms with van der Waals surface area (Å²) in [4.78, 5) is 33.0. The fraction of sp³-hybridized carbons (Fsp3) is 0.167. The molecule has 0 radical (unpaired) electrons. The average molecular weight is 327 g/mol. The number of aldehydes is 1. The molecule has 2 rings (SSSR count). The van der Waals surface area contributed by atoms with Crippen LogP contribution in [0.5, 0.6) is 5.75 Å². The van der Waals surface area contributed by atoms with Crippen molar-refractivity contribution in [3.05, 3.63) is 65.2 Å². The van der Waals surface area contributed by atoms with E-state index >= 15 is 0 Å².